The van der Waals surface area contributed by atoms with Gasteiger partial charge >= 0.3 is 6.09 Å². The van der Waals surface area contributed by atoms with Gasteiger partial charge in [-0.15, -0.1) is 0 Å². The minimum Gasteiger partial charge on any atom is -0.450 e. The maximum atomic E-state index is 11.5. The molecule has 0 atom stereocenters. The van der Waals surface area contributed by atoms with Gasteiger partial charge in [-0.1, -0.05) is 19.3 Å². The number of likely N-dealkylation sites (tertiary alicyclic amines) is 1. The largest absolute Gasteiger partial charge is 0.450 e. The van der Waals surface area contributed by atoms with Crippen LogP contribution in [-0.2, 0) is 4.74 Å². The number of nitrogens with zero attached hydrogens (tertiary/aromatic N) is 1. The Morgan fingerprint density at radius 3 is 2.56 bits per heavy atom. The topological polar surface area (TPSA) is 41.6 Å². The molecule has 1 N–H and O–H groups in total. The summed E-state index contributed by atoms with van der Waals surface area (Å²) < 4.78 is 5.02. The zero-order valence-corrected chi connectivity index (χ0v) is 11.5. The number of carbonyl (C=O) groups excluding carboxylic acids is 1. The molecule has 2 aliphatic rings. The standard InChI is InChI=1S/C14H26N2O2/c1-2-18-14(17)16-10-7-13(8-11-16)15-9-6-12-4-3-5-12/h12-13,15H,2-11H2,1H3. The van der Waals surface area contributed by atoms with Crippen molar-refractivity contribution in [1.29, 1.82) is 0 Å². The molecular weight excluding hydrogens is 228 g/mol. The van der Waals surface area contributed by atoms with Crippen LogP contribution in [0.25, 0.3) is 0 Å². The van der Waals surface area contributed by atoms with Gasteiger partial charge in [0.15, 0.2) is 0 Å². The zero-order chi connectivity index (χ0) is 12.8. The van der Waals surface area contributed by atoms with Gasteiger partial charge in [0.2, 0.25) is 0 Å². The Morgan fingerprint density at radius 2 is 2.00 bits per heavy atom. The van der Waals surface area contributed by atoms with Gasteiger partial charge in [-0.05, 0) is 38.6 Å². The summed E-state index contributed by atoms with van der Waals surface area (Å²) in [6.07, 6.45) is 7.60. The van der Waals surface area contributed by atoms with Gasteiger partial charge in [-0.3, -0.25) is 0 Å². The Bertz CT molecular complexity index is 259. The van der Waals surface area contributed by atoms with Gasteiger partial charge < -0.3 is 15.0 Å². The number of carbonyl (C=O) groups is 1. The van der Waals surface area contributed by atoms with Gasteiger partial charge in [0.05, 0.1) is 6.61 Å². The Morgan fingerprint density at radius 1 is 1.28 bits per heavy atom. The highest BCUT2D eigenvalue weighted by molar-refractivity contribution is 5.67. The molecule has 1 aliphatic heterocycles. The fraction of sp³-hybridized carbons (Fsp3) is 0.929. The fourth-order valence-electron chi connectivity index (χ4n) is 2.75. The number of hydrogen-bond acceptors (Lipinski definition) is 3. The zero-order valence-electron chi connectivity index (χ0n) is 11.5. The second kappa shape index (κ2) is 6.98. The molecule has 2 fully saturated rings. The Kier molecular flexibility index (Phi) is 5.29. The third-order valence-corrected chi connectivity index (χ3v) is 4.23. The monoisotopic (exact) mass is 254 g/mol. The van der Waals surface area contributed by atoms with Crippen LogP contribution in [0, 0.1) is 5.92 Å². The van der Waals surface area contributed by atoms with Crippen LogP contribution in [0.2, 0.25) is 0 Å². The van der Waals surface area contributed by atoms with Gasteiger partial charge in [-0.2, -0.15) is 0 Å². The van der Waals surface area contributed by atoms with Crippen LogP contribution in [0.4, 0.5) is 4.79 Å². The van der Waals surface area contributed by atoms with E-state index in [9.17, 15) is 4.79 Å². The molecule has 1 aliphatic carbocycles. The molecule has 0 aromatic rings. The summed E-state index contributed by atoms with van der Waals surface area (Å²) >= 11 is 0. The van der Waals surface area contributed by atoms with E-state index in [1.54, 1.807) is 0 Å². The molecule has 0 aromatic carbocycles. The highest BCUT2D eigenvalue weighted by Gasteiger charge is 2.23. The van der Waals surface area contributed by atoms with Crippen molar-refractivity contribution in [2.24, 2.45) is 5.92 Å². The molecule has 18 heavy (non-hydrogen) atoms. The first-order chi connectivity index (χ1) is 8.79. The first-order valence-corrected chi connectivity index (χ1v) is 7.44. The smallest absolute Gasteiger partial charge is 0.409 e. The van der Waals surface area contributed by atoms with Crippen molar-refractivity contribution in [3.63, 3.8) is 0 Å². The van der Waals surface area contributed by atoms with Crippen molar-refractivity contribution < 1.29 is 9.53 Å². The quantitative estimate of drug-likeness (QED) is 0.819. The number of nitrogens with one attached hydrogen (secondary N) is 1. The normalized spacial score (nSPS) is 21.7. The van der Waals surface area contributed by atoms with Crippen LogP contribution < -0.4 is 5.32 Å². The van der Waals surface area contributed by atoms with E-state index in [1.165, 1.54) is 25.7 Å². The molecule has 2 rings (SSSR count). The van der Waals surface area contributed by atoms with Crippen LogP contribution in [0.1, 0.15) is 45.4 Å². The Labute approximate surface area is 110 Å². The molecule has 0 bridgehead atoms. The molecule has 0 radical (unpaired) electrons. The molecule has 1 heterocycles. The van der Waals surface area contributed by atoms with E-state index in [0.717, 1.165) is 38.4 Å². The number of ether oxygens (including phenoxy) is 1. The summed E-state index contributed by atoms with van der Waals surface area (Å²) in [5, 5.41) is 3.63. The summed E-state index contributed by atoms with van der Waals surface area (Å²) in [5.41, 5.74) is 0. The van der Waals surface area contributed by atoms with Crippen LogP contribution >= 0.6 is 0 Å². The van der Waals surface area contributed by atoms with Gasteiger partial charge in [0.25, 0.3) is 0 Å². The van der Waals surface area contributed by atoms with Crippen molar-refractivity contribution in [3.8, 4) is 0 Å². The van der Waals surface area contributed by atoms with Crippen LogP contribution in [0.5, 0.6) is 0 Å². The number of rotatable bonds is 5. The molecular formula is C14H26N2O2. The first-order valence-electron chi connectivity index (χ1n) is 7.44. The maximum Gasteiger partial charge on any atom is 0.409 e. The summed E-state index contributed by atoms with van der Waals surface area (Å²) in [6.45, 7) is 5.14. The lowest BCUT2D eigenvalue weighted by atomic mass is 9.83. The third kappa shape index (κ3) is 3.87. The molecule has 1 amide bonds. The highest BCUT2D eigenvalue weighted by atomic mass is 16.6. The first kappa shape index (κ1) is 13.7. The van der Waals surface area contributed by atoms with E-state index < -0.39 is 0 Å². The predicted octanol–water partition coefficient (Wildman–Crippen LogP) is 2.39. The lowest BCUT2D eigenvalue weighted by molar-refractivity contribution is 0.0949. The molecule has 0 spiro atoms. The number of hydrogen-bond donors (Lipinski definition) is 1. The minimum absolute atomic E-state index is 0.148. The highest BCUT2D eigenvalue weighted by Crippen LogP contribution is 2.28. The Hall–Kier alpha value is -0.770. The number of piperidine rings is 1. The average Bonchev–Trinajstić information content (AvgIpc) is 2.33. The average molecular weight is 254 g/mol. The second-order valence-corrected chi connectivity index (χ2v) is 5.50. The molecule has 0 aromatic heterocycles. The van der Waals surface area contributed by atoms with E-state index in [0.29, 0.717) is 12.6 Å². The lowest BCUT2D eigenvalue weighted by Gasteiger charge is -2.32. The van der Waals surface area contributed by atoms with Crippen molar-refractivity contribution in [1.82, 2.24) is 10.2 Å². The maximum absolute atomic E-state index is 11.5. The van der Waals surface area contributed by atoms with Crippen LogP contribution in [0.15, 0.2) is 0 Å². The lowest BCUT2D eigenvalue weighted by Crippen LogP contribution is -2.45. The summed E-state index contributed by atoms with van der Waals surface area (Å²) in [4.78, 5) is 13.4. The van der Waals surface area contributed by atoms with E-state index in [4.69, 9.17) is 4.74 Å². The van der Waals surface area contributed by atoms with Crippen molar-refractivity contribution in [2.45, 2.75) is 51.5 Å². The molecule has 0 unspecified atom stereocenters. The third-order valence-electron chi connectivity index (χ3n) is 4.23. The summed E-state index contributed by atoms with van der Waals surface area (Å²) in [5.74, 6) is 0.983. The van der Waals surface area contributed by atoms with E-state index in [2.05, 4.69) is 5.32 Å². The molecule has 1 saturated carbocycles. The molecule has 4 nitrogen and oxygen atoms in total. The predicted molar refractivity (Wildman–Crippen MR) is 71.6 cm³/mol. The molecule has 4 heteroatoms. The van der Waals surface area contributed by atoms with Gasteiger partial charge in [-0.25, -0.2) is 4.79 Å². The summed E-state index contributed by atoms with van der Waals surface area (Å²) in [7, 11) is 0. The second-order valence-electron chi connectivity index (χ2n) is 5.50. The van der Waals surface area contributed by atoms with E-state index in [-0.39, 0.29) is 6.09 Å². The van der Waals surface area contributed by atoms with Crippen molar-refractivity contribution in [3.05, 3.63) is 0 Å². The Balaban J connectivity index is 1.56. The fourth-order valence-corrected chi connectivity index (χ4v) is 2.75. The minimum atomic E-state index is -0.148. The SMILES string of the molecule is CCOC(=O)N1CCC(NCCC2CCC2)CC1. The molecule has 1 saturated heterocycles. The van der Waals surface area contributed by atoms with Gasteiger partial charge in [0.1, 0.15) is 0 Å². The van der Waals surface area contributed by atoms with Crippen LogP contribution in [0.3, 0.4) is 0 Å². The number of amides is 1. The van der Waals surface area contributed by atoms with E-state index >= 15 is 0 Å². The van der Waals surface area contributed by atoms with E-state index in [1.807, 2.05) is 11.8 Å². The van der Waals surface area contributed by atoms with Gasteiger partial charge in [0, 0.05) is 19.1 Å². The molecule has 104 valence electrons. The summed E-state index contributed by atoms with van der Waals surface area (Å²) in [6, 6.07) is 0.593. The van der Waals surface area contributed by atoms with Crippen LogP contribution in [-0.4, -0.2) is 43.3 Å². The van der Waals surface area contributed by atoms with Crippen molar-refractivity contribution in [2.75, 3.05) is 26.2 Å². The van der Waals surface area contributed by atoms with Crippen molar-refractivity contribution >= 4 is 6.09 Å².